The molecule has 3 atom stereocenters. The van der Waals surface area contributed by atoms with E-state index in [4.69, 9.17) is 0 Å². The Morgan fingerprint density at radius 2 is 2.40 bits per heavy atom. The van der Waals surface area contributed by atoms with E-state index >= 15 is 0 Å². The van der Waals surface area contributed by atoms with E-state index in [1.807, 2.05) is 18.6 Å². The molecule has 1 amide bonds. The van der Waals surface area contributed by atoms with Gasteiger partial charge in [0.2, 0.25) is 5.91 Å². The smallest absolute Gasteiger partial charge is 0.226 e. The monoisotopic (exact) mass is 160 g/mol. The Hall–Kier alpha value is -0.140. The predicted octanol–water partition coefficient (Wildman–Crippen LogP) is -0.157. The largest absolute Gasteiger partial charge is 0.352 e. The Morgan fingerprint density at radius 1 is 1.80 bits per heavy atom. The number of carbonyl (C=O) groups excluding carboxylic acids is 1. The van der Waals surface area contributed by atoms with Crippen molar-refractivity contribution in [2.24, 2.45) is 5.92 Å². The van der Waals surface area contributed by atoms with Crippen LogP contribution in [-0.2, 0) is 4.79 Å². The first-order chi connectivity index (χ1) is 4.61. The second kappa shape index (κ2) is 2.85. The van der Waals surface area contributed by atoms with Gasteiger partial charge in [-0.1, -0.05) is 9.39 Å². The van der Waals surface area contributed by atoms with Crippen molar-refractivity contribution in [1.82, 2.24) is 9.99 Å². The zero-order chi connectivity index (χ0) is 7.72. The Bertz CT molecular complexity index is 149. The van der Waals surface area contributed by atoms with E-state index in [-0.39, 0.29) is 11.8 Å². The highest BCUT2D eigenvalue weighted by molar-refractivity contribution is 7.13. The van der Waals surface area contributed by atoms with Gasteiger partial charge in [0.05, 0.1) is 5.92 Å². The molecule has 58 valence electrons. The number of nitrogens with zero attached hydrogens (tertiary/aromatic N) is 1. The maximum absolute atomic E-state index is 10.8. The Morgan fingerprint density at radius 3 is 2.60 bits per heavy atom. The Labute approximate surface area is 63.4 Å². The third kappa shape index (κ3) is 1.47. The number of amides is 1. The fraction of sp³-hybridized carbons (Fsp3) is 0.833. The average Bonchev–Trinajstić information content (AvgIpc) is 1.84. The van der Waals surface area contributed by atoms with Crippen molar-refractivity contribution in [1.29, 1.82) is 0 Å². The molecule has 1 fully saturated rings. The number of β-lactam (4-membered cyclic amide) rings is 1. The minimum atomic E-state index is 0.182. The van der Waals surface area contributed by atoms with Crippen molar-refractivity contribution in [3.05, 3.63) is 0 Å². The van der Waals surface area contributed by atoms with Gasteiger partial charge in [-0.15, -0.1) is 0 Å². The highest BCUT2D eigenvalue weighted by Crippen LogP contribution is 2.16. The summed E-state index contributed by atoms with van der Waals surface area (Å²) in [4.78, 5) is 10.8. The van der Waals surface area contributed by atoms with Crippen LogP contribution in [0.15, 0.2) is 0 Å². The molecule has 0 spiro atoms. The van der Waals surface area contributed by atoms with Gasteiger partial charge in [0.1, 0.15) is 0 Å². The molecular weight excluding hydrogens is 147 g/mol. The van der Waals surface area contributed by atoms with E-state index in [9.17, 15) is 4.79 Å². The molecular formula is C6H13N2OP. The lowest BCUT2D eigenvalue weighted by molar-refractivity contribution is -0.134. The fourth-order valence-corrected chi connectivity index (χ4v) is 1.34. The summed E-state index contributed by atoms with van der Waals surface area (Å²) < 4.78 is 1.96. The van der Waals surface area contributed by atoms with Crippen LogP contribution >= 0.6 is 9.39 Å². The van der Waals surface area contributed by atoms with Gasteiger partial charge in [-0.05, 0) is 14.0 Å². The summed E-state index contributed by atoms with van der Waals surface area (Å²) in [5.74, 6) is 0.379. The van der Waals surface area contributed by atoms with Gasteiger partial charge in [-0.2, -0.15) is 0 Å². The van der Waals surface area contributed by atoms with E-state index in [0.29, 0.717) is 6.04 Å². The number of hydrogen-bond acceptors (Lipinski definition) is 2. The van der Waals surface area contributed by atoms with Crippen molar-refractivity contribution in [3.8, 4) is 0 Å². The molecule has 1 heterocycles. The van der Waals surface area contributed by atoms with Crippen molar-refractivity contribution >= 4 is 15.3 Å². The number of rotatable bonds is 2. The van der Waals surface area contributed by atoms with Crippen LogP contribution in [0.5, 0.6) is 0 Å². The van der Waals surface area contributed by atoms with E-state index in [2.05, 4.69) is 14.7 Å². The average molecular weight is 160 g/mol. The molecule has 0 aromatic heterocycles. The van der Waals surface area contributed by atoms with Gasteiger partial charge in [-0.3, -0.25) is 9.46 Å². The first kappa shape index (κ1) is 7.96. The molecule has 0 saturated carbocycles. The van der Waals surface area contributed by atoms with Crippen LogP contribution in [0.1, 0.15) is 6.92 Å². The zero-order valence-electron chi connectivity index (χ0n) is 6.29. The normalized spacial score (nSPS) is 31.8. The maximum Gasteiger partial charge on any atom is 0.226 e. The molecule has 3 unspecified atom stereocenters. The van der Waals surface area contributed by atoms with E-state index in [1.54, 1.807) is 0 Å². The molecule has 1 N–H and O–H groups in total. The molecule has 10 heavy (non-hydrogen) atoms. The lowest BCUT2D eigenvalue weighted by atomic mass is 9.92. The maximum atomic E-state index is 10.8. The first-order valence-corrected chi connectivity index (χ1v) is 3.89. The summed E-state index contributed by atoms with van der Waals surface area (Å²) in [6, 6.07) is 0.357. The zero-order valence-corrected chi connectivity index (χ0v) is 7.45. The van der Waals surface area contributed by atoms with Crippen LogP contribution in [0.3, 0.4) is 0 Å². The third-order valence-electron chi connectivity index (χ3n) is 1.79. The van der Waals surface area contributed by atoms with E-state index < -0.39 is 0 Å². The third-order valence-corrected chi connectivity index (χ3v) is 2.01. The molecule has 0 aliphatic carbocycles. The van der Waals surface area contributed by atoms with Gasteiger partial charge < -0.3 is 5.32 Å². The van der Waals surface area contributed by atoms with Crippen LogP contribution in [0, 0.1) is 5.92 Å². The van der Waals surface area contributed by atoms with Crippen molar-refractivity contribution < 1.29 is 4.79 Å². The summed E-state index contributed by atoms with van der Waals surface area (Å²) in [5, 5.41) is 2.79. The summed E-state index contributed by atoms with van der Waals surface area (Å²) in [5.41, 5.74) is 0. The molecule has 0 bridgehead atoms. The molecule has 0 aromatic rings. The molecule has 3 nitrogen and oxygen atoms in total. The highest BCUT2D eigenvalue weighted by Gasteiger charge is 2.35. The van der Waals surface area contributed by atoms with E-state index in [0.717, 1.165) is 6.54 Å². The Balaban J connectivity index is 2.33. The van der Waals surface area contributed by atoms with Crippen LogP contribution in [0.25, 0.3) is 0 Å². The standard InChI is InChI=1S/C6H13N2OP/c1-4-5(3-8(2)10)6(9)7-4/h4-5H,3,10H2,1-2H3,(H,7,9). The fourth-order valence-electron chi connectivity index (χ4n) is 1.11. The lowest BCUT2D eigenvalue weighted by Gasteiger charge is -2.35. The quantitative estimate of drug-likeness (QED) is 0.450. The van der Waals surface area contributed by atoms with Gasteiger partial charge in [0.25, 0.3) is 0 Å². The molecule has 0 radical (unpaired) electrons. The summed E-state index contributed by atoms with van der Waals surface area (Å²) in [6.45, 7) is 2.86. The second-order valence-electron chi connectivity index (χ2n) is 2.84. The number of hydrogen-bond donors (Lipinski definition) is 1. The molecule has 1 aliphatic rings. The van der Waals surface area contributed by atoms with Crippen molar-refractivity contribution in [2.75, 3.05) is 13.6 Å². The minimum Gasteiger partial charge on any atom is -0.352 e. The topological polar surface area (TPSA) is 32.3 Å². The van der Waals surface area contributed by atoms with E-state index in [1.165, 1.54) is 0 Å². The van der Waals surface area contributed by atoms with Gasteiger partial charge >= 0.3 is 0 Å². The molecule has 4 heteroatoms. The van der Waals surface area contributed by atoms with Gasteiger partial charge in [-0.25, -0.2) is 0 Å². The highest BCUT2D eigenvalue weighted by atomic mass is 31.0. The predicted molar refractivity (Wildman–Crippen MR) is 43.4 cm³/mol. The summed E-state index contributed by atoms with van der Waals surface area (Å²) >= 11 is 0. The first-order valence-electron chi connectivity index (χ1n) is 3.37. The van der Waals surface area contributed by atoms with Gasteiger partial charge in [0, 0.05) is 12.6 Å². The summed E-state index contributed by atoms with van der Waals surface area (Å²) in [6.07, 6.45) is 0. The molecule has 1 aliphatic heterocycles. The SMILES string of the molecule is CC1NC(=O)C1CN(C)P. The number of nitrogens with one attached hydrogen (secondary N) is 1. The van der Waals surface area contributed by atoms with Crippen LogP contribution in [0.2, 0.25) is 0 Å². The summed E-state index contributed by atoms with van der Waals surface area (Å²) in [7, 11) is 4.50. The number of carbonyl (C=O) groups is 1. The van der Waals surface area contributed by atoms with Crippen LogP contribution in [-0.4, -0.2) is 30.2 Å². The molecule has 0 aromatic carbocycles. The van der Waals surface area contributed by atoms with Crippen molar-refractivity contribution in [2.45, 2.75) is 13.0 Å². The minimum absolute atomic E-state index is 0.182. The second-order valence-corrected chi connectivity index (χ2v) is 3.72. The van der Waals surface area contributed by atoms with Crippen LogP contribution < -0.4 is 5.32 Å². The van der Waals surface area contributed by atoms with Gasteiger partial charge in [0.15, 0.2) is 0 Å². The molecule has 1 rings (SSSR count). The van der Waals surface area contributed by atoms with Crippen LogP contribution in [0.4, 0.5) is 0 Å². The van der Waals surface area contributed by atoms with Crippen molar-refractivity contribution in [3.63, 3.8) is 0 Å². The Kier molecular flexibility index (Phi) is 2.27. The molecule has 1 saturated heterocycles. The lowest BCUT2D eigenvalue weighted by Crippen LogP contribution is -2.59.